The summed E-state index contributed by atoms with van der Waals surface area (Å²) in [5, 5.41) is 10.6. The average molecular weight is 319 g/mol. The van der Waals surface area contributed by atoms with Crippen LogP contribution in [0.3, 0.4) is 0 Å². The fourth-order valence-electron chi connectivity index (χ4n) is 2.43. The number of hydrogen-bond donors (Lipinski definition) is 2. The number of rotatable bonds is 4. The summed E-state index contributed by atoms with van der Waals surface area (Å²) in [5.74, 6) is 0. The third-order valence-corrected chi connectivity index (χ3v) is 5.52. The highest BCUT2D eigenvalue weighted by Gasteiger charge is 2.30. The quantitative estimate of drug-likeness (QED) is 0.833. The fraction of sp³-hybridized carbons (Fsp3) is 0.615. The van der Waals surface area contributed by atoms with Crippen molar-refractivity contribution in [3.63, 3.8) is 0 Å². The van der Waals surface area contributed by atoms with Gasteiger partial charge in [0.2, 0.25) is 10.0 Å². The zero-order chi connectivity index (χ0) is 14.6. The standard InChI is InChI=1S/C13H19ClN2O3S/c14-11-5-8-15-9-12(11)20(18,19)16-10-13(17)6-3-1-2-4-7-13/h5,8-9,16-17H,1-4,6-7,10H2. The van der Waals surface area contributed by atoms with Crippen molar-refractivity contribution in [2.75, 3.05) is 6.54 Å². The minimum absolute atomic E-state index is 0.0144. The lowest BCUT2D eigenvalue weighted by molar-refractivity contribution is 0.0303. The van der Waals surface area contributed by atoms with Crippen molar-refractivity contribution in [1.29, 1.82) is 0 Å². The summed E-state index contributed by atoms with van der Waals surface area (Å²) in [6.07, 6.45) is 7.90. The molecule has 0 bridgehead atoms. The van der Waals surface area contributed by atoms with Crippen molar-refractivity contribution in [2.45, 2.75) is 49.0 Å². The van der Waals surface area contributed by atoms with Crippen molar-refractivity contribution in [3.05, 3.63) is 23.5 Å². The molecule has 1 saturated carbocycles. The molecule has 0 saturated heterocycles. The first kappa shape index (κ1) is 15.7. The lowest BCUT2D eigenvalue weighted by Gasteiger charge is -2.26. The highest BCUT2D eigenvalue weighted by atomic mass is 35.5. The molecule has 2 rings (SSSR count). The molecule has 7 heteroatoms. The molecule has 0 atom stereocenters. The number of hydrogen-bond acceptors (Lipinski definition) is 4. The van der Waals surface area contributed by atoms with Crippen LogP contribution in [0.2, 0.25) is 5.02 Å². The van der Waals surface area contributed by atoms with Gasteiger partial charge < -0.3 is 5.11 Å². The zero-order valence-electron chi connectivity index (χ0n) is 11.2. The Balaban J connectivity index is 2.07. The van der Waals surface area contributed by atoms with Gasteiger partial charge in [0.15, 0.2) is 0 Å². The first-order valence-electron chi connectivity index (χ1n) is 6.75. The van der Waals surface area contributed by atoms with Crippen LogP contribution in [0, 0.1) is 0 Å². The first-order chi connectivity index (χ1) is 9.43. The molecule has 0 spiro atoms. The summed E-state index contributed by atoms with van der Waals surface area (Å²) in [5.41, 5.74) is -0.960. The van der Waals surface area contributed by atoms with Crippen LogP contribution in [0.1, 0.15) is 38.5 Å². The monoisotopic (exact) mass is 318 g/mol. The van der Waals surface area contributed by atoms with Gasteiger partial charge in [0.05, 0.1) is 10.6 Å². The molecular formula is C13H19ClN2O3S. The number of sulfonamides is 1. The number of aliphatic hydroxyl groups is 1. The van der Waals surface area contributed by atoms with E-state index in [-0.39, 0.29) is 16.5 Å². The van der Waals surface area contributed by atoms with Gasteiger partial charge in [-0.05, 0) is 18.9 Å². The number of pyridine rings is 1. The van der Waals surface area contributed by atoms with Crippen LogP contribution in [-0.2, 0) is 10.0 Å². The van der Waals surface area contributed by atoms with Crippen molar-refractivity contribution in [1.82, 2.24) is 9.71 Å². The average Bonchev–Trinajstić information content (AvgIpc) is 2.63. The van der Waals surface area contributed by atoms with Crippen LogP contribution in [0.4, 0.5) is 0 Å². The third-order valence-electron chi connectivity index (χ3n) is 3.65. The summed E-state index contributed by atoms with van der Waals surface area (Å²) in [6, 6.07) is 1.43. The Hall–Kier alpha value is -0.690. The fourth-order valence-corrected chi connectivity index (χ4v) is 3.98. The van der Waals surface area contributed by atoms with Gasteiger partial charge in [-0.3, -0.25) is 4.98 Å². The van der Waals surface area contributed by atoms with E-state index in [9.17, 15) is 13.5 Å². The SMILES string of the molecule is O=S(=O)(NCC1(O)CCCCCC1)c1cnccc1Cl. The first-order valence-corrected chi connectivity index (χ1v) is 8.61. The molecule has 0 unspecified atom stereocenters. The van der Waals surface area contributed by atoms with Gasteiger partial charge in [-0.25, -0.2) is 13.1 Å². The van der Waals surface area contributed by atoms with Gasteiger partial charge >= 0.3 is 0 Å². The number of halogens is 1. The number of aromatic nitrogens is 1. The molecular weight excluding hydrogens is 300 g/mol. The van der Waals surface area contributed by atoms with Crippen LogP contribution < -0.4 is 4.72 Å². The Kier molecular flexibility index (Phi) is 5.01. The van der Waals surface area contributed by atoms with Crippen LogP contribution in [0.15, 0.2) is 23.4 Å². The van der Waals surface area contributed by atoms with Gasteiger partial charge in [-0.1, -0.05) is 37.3 Å². The molecule has 5 nitrogen and oxygen atoms in total. The summed E-state index contributed by atoms with van der Waals surface area (Å²) >= 11 is 5.87. The number of nitrogens with zero attached hydrogens (tertiary/aromatic N) is 1. The topological polar surface area (TPSA) is 79.3 Å². The predicted octanol–water partition coefficient (Wildman–Crippen LogP) is 2.10. The molecule has 1 fully saturated rings. The van der Waals surface area contributed by atoms with E-state index in [1.807, 2.05) is 0 Å². The molecule has 1 aliphatic carbocycles. The maximum atomic E-state index is 12.2. The van der Waals surface area contributed by atoms with Gasteiger partial charge in [-0.15, -0.1) is 0 Å². The Labute approximate surface area is 124 Å². The maximum absolute atomic E-state index is 12.2. The van der Waals surface area contributed by atoms with E-state index in [0.29, 0.717) is 12.8 Å². The van der Waals surface area contributed by atoms with Gasteiger partial charge in [0.1, 0.15) is 4.90 Å². The molecule has 1 heterocycles. The minimum atomic E-state index is -3.74. The highest BCUT2D eigenvalue weighted by molar-refractivity contribution is 7.89. The smallest absolute Gasteiger partial charge is 0.243 e. The van der Waals surface area contributed by atoms with Crippen molar-refractivity contribution in [3.8, 4) is 0 Å². The Bertz CT molecular complexity index is 554. The normalized spacial score (nSPS) is 19.5. The van der Waals surface area contributed by atoms with Crippen LogP contribution >= 0.6 is 11.6 Å². The second-order valence-electron chi connectivity index (χ2n) is 5.27. The second kappa shape index (κ2) is 6.39. The van der Waals surface area contributed by atoms with Crippen LogP contribution in [0.5, 0.6) is 0 Å². The van der Waals surface area contributed by atoms with Crippen molar-refractivity contribution < 1.29 is 13.5 Å². The van der Waals surface area contributed by atoms with Crippen LogP contribution in [0.25, 0.3) is 0 Å². The summed E-state index contributed by atoms with van der Waals surface area (Å²) in [7, 11) is -3.74. The molecule has 1 aromatic heterocycles. The largest absolute Gasteiger partial charge is 0.389 e. The van der Waals surface area contributed by atoms with E-state index in [1.165, 1.54) is 18.5 Å². The molecule has 2 N–H and O–H groups in total. The molecule has 112 valence electrons. The lowest BCUT2D eigenvalue weighted by atomic mass is 9.95. The van der Waals surface area contributed by atoms with E-state index in [0.717, 1.165) is 25.7 Å². The van der Waals surface area contributed by atoms with Crippen molar-refractivity contribution >= 4 is 21.6 Å². The van der Waals surface area contributed by atoms with Gasteiger partial charge in [-0.2, -0.15) is 0 Å². The van der Waals surface area contributed by atoms with E-state index in [4.69, 9.17) is 11.6 Å². The van der Waals surface area contributed by atoms with Crippen molar-refractivity contribution in [2.24, 2.45) is 0 Å². The molecule has 20 heavy (non-hydrogen) atoms. The molecule has 0 amide bonds. The second-order valence-corrected chi connectivity index (χ2v) is 7.41. The predicted molar refractivity (Wildman–Crippen MR) is 77.1 cm³/mol. The Morgan fingerprint density at radius 2 is 1.95 bits per heavy atom. The molecule has 0 radical (unpaired) electrons. The Morgan fingerprint density at radius 1 is 1.30 bits per heavy atom. The Morgan fingerprint density at radius 3 is 2.55 bits per heavy atom. The summed E-state index contributed by atoms with van der Waals surface area (Å²) in [4.78, 5) is 3.72. The van der Waals surface area contributed by atoms with Gasteiger partial charge in [0, 0.05) is 18.9 Å². The van der Waals surface area contributed by atoms with Crippen LogP contribution in [-0.4, -0.2) is 30.7 Å². The van der Waals surface area contributed by atoms with E-state index in [1.54, 1.807) is 0 Å². The molecule has 0 aromatic carbocycles. The molecule has 1 aromatic rings. The molecule has 1 aliphatic rings. The van der Waals surface area contributed by atoms with E-state index >= 15 is 0 Å². The summed E-state index contributed by atoms with van der Waals surface area (Å²) in [6.45, 7) is 0.0144. The lowest BCUT2D eigenvalue weighted by Crippen LogP contribution is -2.42. The zero-order valence-corrected chi connectivity index (χ0v) is 12.8. The summed E-state index contributed by atoms with van der Waals surface area (Å²) < 4.78 is 26.8. The highest BCUT2D eigenvalue weighted by Crippen LogP contribution is 2.27. The maximum Gasteiger partial charge on any atom is 0.243 e. The minimum Gasteiger partial charge on any atom is -0.389 e. The number of nitrogens with one attached hydrogen (secondary N) is 1. The van der Waals surface area contributed by atoms with E-state index in [2.05, 4.69) is 9.71 Å². The third kappa shape index (κ3) is 3.91. The van der Waals surface area contributed by atoms with E-state index < -0.39 is 15.6 Å². The van der Waals surface area contributed by atoms with Gasteiger partial charge in [0.25, 0.3) is 0 Å². The molecule has 0 aliphatic heterocycles.